The Balaban J connectivity index is 1.62. The predicted molar refractivity (Wildman–Crippen MR) is 96.9 cm³/mol. The Bertz CT molecular complexity index is 720. The first kappa shape index (κ1) is 17.5. The molecule has 0 spiro atoms. The zero-order valence-corrected chi connectivity index (χ0v) is 15.2. The summed E-state index contributed by atoms with van der Waals surface area (Å²) in [6.45, 7) is 7.35. The maximum absolute atomic E-state index is 12.6. The number of rotatable bonds is 5. The van der Waals surface area contributed by atoms with E-state index in [0.717, 1.165) is 44.2 Å². The van der Waals surface area contributed by atoms with Crippen LogP contribution < -0.4 is 4.74 Å². The van der Waals surface area contributed by atoms with Gasteiger partial charge in [-0.1, -0.05) is 25.1 Å². The quantitative estimate of drug-likeness (QED) is 0.907. The molecule has 0 radical (unpaired) electrons. The Morgan fingerprint density at radius 2 is 2.00 bits per heavy atom. The highest BCUT2D eigenvalue weighted by atomic mass is 16.5. The van der Waals surface area contributed by atoms with Crippen LogP contribution in [0.25, 0.3) is 0 Å². The maximum atomic E-state index is 12.6. The molecule has 0 aliphatic carbocycles. The number of benzene rings is 1. The van der Waals surface area contributed by atoms with Crippen molar-refractivity contribution < 1.29 is 9.53 Å². The molecule has 134 valence electrons. The Labute approximate surface area is 148 Å². The Morgan fingerprint density at radius 1 is 1.28 bits per heavy atom. The van der Waals surface area contributed by atoms with Gasteiger partial charge in [-0.15, -0.1) is 0 Å². The average Bonchev–Trinajstić information content (AvgIpc) is 3.16. The molecule has 1 aliphatic rings. The van der Waals surface area contributed by atoms with Crippen LogP contribution in [0.1, 0.15) is 41.8 Å². The van der Waals surface area contributed by atoms with Crippen molar-refractivity contribution in [2.75, 3.05) is 33.3 Å². The largest absolute Gasteiger partial charge is 0.496 e. The molecule has 6 nitrogen and oxygen atoms in total. The summed E-state index contributed by atoms with van der Waals surface area (Å²) >= 11 is 0. The molecule has 6 heteroatoms. The molecule has 25 heavy (non-hydrogen) atoms. The van der Waals surface area contributed by atoms with Gasteiger partial charge in [0.05, 0.1) is 13.3 Å². The Morgan fingerprint density at radius 3 is 2.64 bits per heavy atom. The first-order valence-electron chi connectivity index (χ1n) is 8.84. The van der Waals surface area contributed by atoms with E-state index in [9.17, 15) is 4.79 Å². The SMILES string of the molecule is CCc1ncc(C(=O)N2CCN([C@@H](C)c3ccccc3OC)CC2)[nH]1. The van der Waals surface area contributed by atoms with E-state index in [1.54, 1.807) is 13.3 Å². The van der Waals surface area contributed by atoms with Crippen molar-refractivity contribution in [3.8, 4) is 5.75 Å². The molecule has 1 N–H and O–H groups in total. The smallest absolute Gasteiger partial charge is 0.272 e. The number of ether oxygens (including phenoxy) is 1. The lowest BCUT2D eigenvalue weighted by Gasteiger charge is -2.38. The fraction of sp³-hybridized carbons (Fsp3) is 0.474. The summed E-state index contributed by atoms with van der Waals surface area (Å²) in [6.07, 6.45) is 2.45. The second-order valence-corrected chi connectivity index (χ2v) is 6.34. The van der Waals surface area contributed by atoms with Crippen molar-refractivity contribution in [1.82, 2.24) is 19.8 Å². The Kier molecular flexibility index (Phi) is 5.38. The Hall–Kier alpha value is -2.34. The fourth-order valence-corrected chi connectivity index (χ4v) is 3.34. The number of aromatic amines is 1. The van der Waals surface area contributed by atoms with Crippen LogP contribution in [-0.2, 0) is 6.42 Å². The van der Waals surface area contributed by atoms with E-state index in [1.807, 2.05) is 30.0 Å². The summed E-state index contributed by atoms with van der Waals surface area (Å²) in [5, 5.41) is 0. The maximum Gasteiger partial charge on any atom is 0.272 e. The van der Waals surface area contributed by atoms with Gasteiger partial charge in [-0.3, -0.25) is 9.69 Å². The number of aromatic nitrogens is 2. The topological polar surface area (TPSA) is 61.5 Å². The third-order valence-corrected chi connectivity index (χ3v) is 4.93. The van der Waals surface area contributed by atoms with Gasteiger partial charge in [0, 0.05) is 44.2 Å². The highest BCUT2D eigenvalue weighted by Crippen LogP contribution is 2.29. The van der Waals surface area contributed by atoms with E-state index in [-0.39, 0.29) is 11.9 Å². The number of carbonyl (C=O) groups is 1. The van der Waals surface area contributed by atoms with Crippen molar-refractivity contribution in [3.63, 3.8) is 0 Å². The van der Waals surface area contributed by atoms with E-state index < -0.39 is 0 Å². The minimum absolute atomic E-state index is 0.0387. The minimum atomic E-state index is 0.0387. The molecule has 1 atom stereocenters. The van der Waals surface area contributed by atoms with E-state index in [2.05, 4.69) is 27.9 Å². The predicted octanol–water partition coefficient (Wildman–Crippen LogP) is 2.50. The lowest BCUT2D eigenvalue weighted by molar-refractivity contribution is 0.0575. The number of aryl methyl sites for hydroxylation is 1. The number of imidazole rings is 1. The molecular weight excluding hydrogens is 316 g/mol. The summed E-state index contributed by atoms with van der Waals surface area (Å²) in [5.74, 6) is 1.81. The van der Waals surface area contributed by atoms with Crippen molar-refractivity contribution in [3.05, 3.63) is 47.5 Å². The average molecular weight is 342 g/mol. The third-order valence-electron chi connectivity index (χ3n) is 4.93. The van der Waals surface area contributed by atoms with Crippen molar-refractivity contribution >= 4 is 5.91 Å². The number of hydrogen-bond acceptors (Lipinski definition) is 4. The molecule has 2 heterocycles. The van der Waals surface area contributed by atoms with Gasteiger partial charge in [0.25, 0.3) is 5.91 Å². The number of nitrogens with zero attached hydrogens (tertiary/aromatic N) is 3. The molecule has 1 amide bonds. The monoisotopic (exact) mass is 342 g/mol. The number of hydrogen-bond donors (Lipinski definition) is 1. The van der Waals surface area contributed by atoms with Crippen LogP contribution in [0.3, 0.4) is 0 Å². The van der Waals surface area contributed by atoms with E-state index in [1.165, 1.54) is 5.56 Å². The summed E-state index contributed by atoms with van der Waals surface area (Å²) in [5.41, 5.74) is 1.77. The molecule has 1 aliphatic heterocycles. The molecule has 1 fully saturated rings. The fourth-order valence-electron chi connectivity index (χ4n) is 3.34. The van der Waals surface area contributed by atoms with Crippen molar-refractivity contribution in [2.45, 2.75) is 26.3 Å². The van der Waals surface area contributed by atoms with E-state index >= 15 is 0 Å². The van der Waals surface area contributed by atoms with Gasteiger partial charge in [-0.25, -0.2) is 4.98 Å². The van der Waals surface area contributed by atoms with Gasteiger partial charge in [-0.05, 0) is 13.0 Å². The number of H-pyrrole nitrogens is 1. The highest BCUT2D eigenvalue weighted by molar-refractivity contribution is 5.92. The molecular formula is C19H26N4O2. The lowest BCUT2D eigenvalue weighted by atomic mass is 10.0. The summed E-state index contributed by atoms with van der Waals surface area (Å²) in [6, 6.07) is 8.39. The number of carbonyl (C=O) groups excluding carboxylic acids is 1. The number of piperazine rings is 1. The molecule has 0 unspecified atom stereocenters. The zero-order chi connectivity index (χ0) is 17.8. The molecule has 1 aromatic carbocycles. The third kappa shape index (κ3) is 3.69. The molecule has 0 saturated carbocycles. The van der Waals surface area contributed by atoms with Gasteiger partial charge in [-0.2, -0.15) is 0 Å². The van der Waals surface area contributed by atoms with Crippen molar-refractivity contribution in [1.29, 1.82) is 0 Å². The molecule has 3 rings (SSSR count). The van der Waals surface area contributed by atoms with Crippen LogP contribution in [0, 0.1) is 0 Å². The summed E-state index contributed by atoms with van der Waals surface area (Å²) in [7, 11) is 1.71. The summed E-state index contributed by atoms with van der Waals surface area (Å²) < 4.78 is 5.49. The van der Waals surface area contributed by atoms with Gasteiger partial charge < -0.3 is 14.6 Å². The number of amides is 1. The van der Waals surface area contributed by atoms with Gasteiger partial charge in [0.15, 0.2) is 0 Å². The zero-order valence-electron chi connectivity index (χ0n) is 15.2. The lowest BCUT2D eigenvalue weighted by Crippen LogP contribution is -2.49. The molecule has 1 saturated heterocycles. The first-order valence-corrected chi connectivity index (χ1v) is 8.84. The standard InChI is InChI=1S/C19H26N4O2/c1-4-18-20-13-16(21-18)19(24)23-11-9-22(10-12-23)14(2)15-7-5-6-8-17(15)25-3/h5-8,13-14H,4,9-12H2,1-3H3,(H,20,21)/t14-/m0/s1. The van der Waals surface area contributed by atoms with Crippen LogP contribution in [-0.4, -0.2) is 59.0 Å². The van der Waals surface area contributed by atoms with Crippen LogP contribution in [0.5, 0.6) is 5.75 Å². The molecule has 0 bridgehead atoms. The van der Waals surface area contributed by atoms with E-state index in [0.29, 0.717) is 5.69 Å². The number of nitrogens with one attached hydrogen (secondary N) is 1. The van der Waals surface area contributed by atoms with Gasteiger partial charge in [0.1, 0.15) is 17.3 Å². The molecule has 2 aromatic rings. The van der Waals surface area contributed by atoms with Crippen LogP contribution in [0.4, 0.5) is 0 Å². The highest BCUT2D eigenvalue weighted by Gasteiger charge is 2.27. The normalized spacial score (nSPS) is 16.7. The second kappa shape index (κ2) is 7.70. The number of para-hydroxylation sites is 1. The summed E-state index contributed by atoms with van der Waals surface area (Å²) in [4.78, 5) is 24.2. The van der Waals surface area contributed by atoms with Crippen molar-refractivity contribution in [2.24, 2.45) is 0 Å². The molecule has 1 aromatic heterocycles. The van der Waals surface area contributed by atoms with Gasteiger partial charge in [0.2, 0.25) is 0 Å². The first-order chi connectivity index (χ1) is 12.1. The number of methoxy groups -OCH3 is 1. The second-order valence-electron chi connectivity index (χ2n) is 6.34. The van der Waals surface area contributed by atoms with Crippen LogP contribution in [0.15, 0.2) is 30.5 Å². The minimum Gasteiger partial charge on any atom is -0.496 e. The van der Waals surface area contributed by atoms with Crippen LogP contribution >= 0.6 is 0 Å². The van der Waals surface area contributed by atoms with Crippen LogP contribution in [0.2, 0.25) is 0 Å². The van der Waals surface area contributed by atoms with Gasteiger partial charge >= 0.3 is 0 Å². The van der Waals surface area contributed by atoms with E-state index in [4.69, 9.17) is 4.74 Å².